The van der Waals surface area contributed by atoms with Crippen molar-refractivity contribution in [3.63, 3.8) is 0 Å². The second-order valence-corrected chi connectivity index (χ2v) is 11.5. The van der Waals surface area contributed by atoms with E-state index in [0.29, 0.717) is 24.3 Å². The van der Waals surface area contributed by atoms with E-state index in [9.17, 15) is 9.59 Å². The third kappa shape index (κ3) is 6.76. The highest BCUT2D eigenvalue weighted by atomic mass is 16.5. The Morgan fingerprint density at radius 3 is 2.34 bits per heavy atom. The lowest BCUT2D eigenvalue weighted by atomic mass is 9.91. The summed E-state index contributed by atoms with van der Waals surface area (Å²) < 4.78 is 4.88. The lowest BCUT2D eigenvalue weighted by Gasteiger charge is -2.27. The molecule has 1 aliphatic rings. The molecule has 0 N–H and O–H groups in total. The molecule has 1 aliphatic heterocycles. The lowest BCUT2D eigenvalue weighted by molar-refractivity contribution is -0.120. The van der Waals surface area contributed by atoms with Gasteiger partial charge in [-0.3, -0.25) is 9.69 Å². The van der Waals surface area contributed by atoms with Crippen LogP contribution in [0.2, 0.25) is 0 Å². The Morgan fingerprint density at radius 1 is 0.951 bits per heavy atom. The largest absolute Gasteiger partial charge is 0.465 e. The first-order chi connectivity index (χ1) is 19.6. The summed E-state index contributed by atoms with van der Waals surface area (Å²) in [4.78, 5) is 34.4. The zero-order valence-electron chi connectivity index (χ0n) is 25.3. The van der Waals surface area contributed by atoms with Gasteiger partial charge in [-0.25, -0.2) is 9.78 Å². The Bertz CT molecular complexity index is 1540. The number of anilines is 2. The standard InChI is InChI=1S/C33H35N3O3.C2H6/c1-33(2,3)20-30(37)36(31-28-12-10-27(32(38)39-5)19-25(28)14-16-34-31)21-22-6-8-23(9-7-22)24-11-13-29-26(18-24)15-17-35(29)4;1-2/h6-14,16,18-19H,15,17,20-21H2,1-5H3;1-2H3. The highest BCUT2D eigenvalue weighted by Crippen LogP contribution is 2.33. The number of ether oxygens (including phenoxy) is 1. The maximum absolute atomic E-state index is 13.7. The van der Waals surface area contributed by atoms with Crippen molar-refractivity contribution in [1.29, 1.82) is 0 Å². The van der Waals surface area contributed by atoms with Crippen LogP contribution >= 0.6 is 0 Å². The second-order valence-electron chi connectivity index (χ2n) is 11.5. The number of benzene rings is 3. The van der Waals surface area contributed by atoms with Gasteiger partial charge in [0.1, 0.15) is 5.82 Å². The number of nitrogens with zero attached hydrogens (tertiary/aromatic N) is 3. The summed E-state index contributed by atoms with van der Waals surface area (Å²) in [5, 5.41) is 1.64. The third-order valence-corrected chi connectivity index (χ3v) is 7.24. The Kier molecular flexibility index (Phi) is 9.11. The molecular formula is C35H41N3O3. The number of esters is 1. The average Bonchev–Trinajstić information content (AvgIpc) is 3.35. The summed E-state index contributed by atoms with van der Waals surface area (Å²) in [5.41, 5.74) is 6.36. The first-order valence-corrected chi connectivity index (χ1v) is 14.3. The number of hydrogen-bond acceptors (Lipinski definition) is 5. The predicted molar refractivity (Wildman–Crippen MR) is 169 cm³/mol. The van der Waals surface area contributed by atoms with Gasteiger partial charge in [-0.05, 0) is 75.9 Å². The van der Waals surface area contributed by atoms with Crippen LogP contribution in [0.1, 0.15) is 62.5 Å². The van der Waals surface area contributed by atoms with Gasteiger partial charge in [-0.15, -0.1) is 0 Å². The third-order valence-electron chi connectivity index (χ3n) is 7.24. The first-order valence-electron chi connectivity index (χ1n) is 14.3. The van der Waals surface area contributed by atoms with Crippen molar-refractivity contribution >= 4 is 34.2 Å². The van der Waals surface area contributed by atoms with Crippen LogP contribution in [0.4, 0.5) is 11.5 Å². The fraction of sp³-hybridized carbons (Fsp3) is 0.343. The second kappa shape index (κ2) is 12.5. The van der Waals surface area contributed by atoms with Crippen LogP contribution in [0.15, 0.2) is 72.9 Å². The van der Waals surface area contributed by atoms with Crippen LogP contribution in [0.3, 0.4) is 0 Å². The van der Waals surface area contributed by atoms with Crippen LogP contribution in [0.25, 0.3) is 21.9 Å². The summed E-state index contributed by atoms with van der Waals surface area (Å²) >= 11 is 0. The molecule has 4 aromatic rings. The number of rotatable bonds is 6. The number of pyridine rings is 1. The summed E-state index contributed by atoms with van der Waals surface area (Å²) in [6, 6.07) is 22.3. The number of amides is 1. The highest BCUT2D eigenvalue weighted by molar-refractivity contribution is 6.04. The minimum Gasteiger partial charge on any atom is -0.465 e. The molecule has 214 valence electrons. The molecule has 41 heavy (non-hydrogen) atoms. The number of hydrogen-bond donors (Lipinski definition) is 0. The number of carbonyl (C=O) groups is 2. The molecule has 0 fully saturated rings. The van der Waals surface area contributed by atoms with Crippen molar-refractivity contribution in [2.75, 3.05) is 30.5 Å². The van der Waals surface area contributed by atoms with Crippen LogP contribution in [-0.2, 0) is 22.5 Å². The molecule has 0 bridgehead atoms. The number of methoxy groups -OCH3 is 1. The van der Waals surface area contributed by atoms with Crippen LogP contribution < -0.4 is 9.80 Å². The Balaban J connectivity index is 0.00000189. The average molecular weight is 552 g/mol. The first kappa shape index (κ1) is 29.8. The zero-order valence-corrected chi connectivity index (χ0v) is 25.3. The molecule has 0 saturated heterocycles. The molecule has 5 rings (SSSR count). The van der Waals surface area contributed by atoms with Crippen molar-refractivity contribution in [1.82, 2.24) is 4.98 Å². The topological polar surface area (TPSA) is 62.7 Å². The quantitative estimate of drug-likeness (QED) is 0.230. The number of aromatic nitrogens is 1. The van der Waals surface area contributed by atoms with Gasteiger partial charge in [-0.2, -0.15) is 0 Å². The van der Waals surface area contributed by atoms with Crippen LogP contribution in [0, 0.1) is 5.41 Å². The molecule has 0 spiro atoms. The van der Waals surface area contributed by atoms with E-state index in [1.807, 2.05) is 26.0 Å². The van der Waals surface area contributed by atoms with Gasteiger partial charge in [0.15, 0.2) is 0 Å². The normalized spacial score (nSPS) is 12.4. The number of likely N-dealkylation sites (N-methyl/N-ethyl adjacent to an activating group) is 1. The molecule has 0 radical (unpaired) electrons. The predicted octanol–water partition coefficient (Wildman–Crippen LogP) is 7.68. The minimum atomic E-state index is -0.397. The van der Waals surface area contributed by atoms with Gasteiger partial charge in [0.05, 0.1) is 19.2 Å². The molecule has 3 aromatic carbocycles. The van der Waals surface area contributed by atoms with Crippen molar-refractivity contribution in [2.45, 2.75) is 54.0 Å². The molecule has 6 nitrogen and oxygen atoms in total. The van der Waals surface area contributed by atoms with E-state index < -0.39 is 5.97 Å². The van der Waals surface area contributed by atoms with Gasteiger partial charge >= 0.3 is 5.97 Å². The molecule has 2 heterocycles. The van der Waals surface area contributed by atoms with Gasteiger partial charge in [0.2, 0.25) is 5.91 Å². The monoisotopic (exact) mass is 551 g/mol. The SMILES string of the molecule is CC.COC(=O)c1ccc2c(N(Cc3ccc(-c4ccc5c(c4)CCN5C)cc3)C(=O)CC(C)(C)C)nccc2c1. The molecule has 0 unspecified atom stereocenters. The molecule has 0 saturated carbocycles. The van der Waals surface area contributed by atoms with Crippen LogP contribution in [-0.4, -0.2) is 37.6 Å². The molecule has 1 aromatic heterocycles. The number of fused-ring (bicyclic) bond motifs is 2. The van der Waals surface area contributed by atoms with E-state index in [2.05, 4.69) is 80.2 Å². The molecule has 1 amide bonds. The Morgan fingerprint density at radius 2 is 1.66 bits per heavy atom. The van der Waals surface area contributed by atoms with E-state index in [-0.39, 0.29) is 11.3 Å². The van der Waals surface area contributed by atoms with Crippen molar-refractivity contribution in [2.24, 2.45) is 5.41 Å². The van der Waals surface area contributed by atoms with E-state index in [4.69, 9.17) is 4.74 Å². The van der Waals surface area contributed by atoms with Crippen LogP contribution in [0.5, 0.6) is 0 Å². The smallest absolute Gasteiger partial charge is 0.337 e. The molecule has 6 heteroatoms. The van der Waals surface area contributed by atoms with Crippen molar-refractivity contribution in [3.05, 3.63) is 89.6 Å². The Hall–Kier alpha value is -4.19. The van der Waals surface area contributed by atoms with E-state index in [1.165, 1.54) is 23.9 Å². The maximum atomic E-state index is 13.7. The van der Waals surface area contributed by atoms with E-state index >= 15 is 0 Å². The van der Waals surface area contributed by atoms with Crippen molar-refractivity contribution in [3.8, 4) is 11.1 Å². The summed E-state index contributed by atoms with van der Waals surface area (Å²) in [6.45, 7) is 11.6. The van der Waals surface area contributed by atoms with Gasteiger partial charge in [-0.1, -0.05) is 65.0 Å². The zero-order chi connectivity index (χ0) is 29.7. The Labute approximate surface area is 244 Å². The summed E-state index contributed by atoms with van der Waals surface area (Å²) in [7, 11) is 3.50. The van der Waals surface area contributed by atoms with Gasteiger partial charge in [0.25, 0.3) is 0 Å². The maximum Gasteiger partial charge on any atom is 0.337 e. The molecule has 0 atom stereocenters. The summed E-state index contributed by atoms with van der Waals surface area (Å²) in [5.74, 6) is 0.197. The fourth-order valence-corrected chi connectivity index (χ4v) is 5.18. The highest BCUT2D eigenvalue weighted by Gasteiger charge is 2.25. The van der Waals surface area contributed by atoms with Gasteiger partial charge < -0.3 is 9.64 Å². The molecular weight excluding hydrogens is 510 g/mol. The minimum absolute atomic E-state index is 0.00589. The molecule has 0 aliphatic carbocycles. The fourth-order valence-electron chi connectivity index (χ4n) is 5.18. The number of carbonyl (C=O) groups excluding carboxylic acids is 2. The van der Waals surface area contributed by atoms with E-state index in [1.54, 1.807) is 23.2 Å². The summed E-state index contributed by atoms with van der Waals surface area (Å²) in [6.07, 6.45) is 3.14. The van der Waals surface area contributed by atoms with Gasteiger partial charge in [0, 0.05) is 37.3 Å². The van der Waals surface area contributed by atoms with E-state index in [0.717, 1.165) is 34.9 Å². The van der Waals surface area contributed by atoms with Crippen molar-refractivity contribution < 1.29 is 14.3 Å². The lowest BCUT2D eigenvalue weighted by Crippen LogP contribution is -2.34.